The minimum Gasteiger partial charge on any atom is -0.506 e. The van der Waals surface area contributed by atoms with E-state index in [4.69, 9.17) is 4.74 Å². The van der Waals surface area contributed by atoms with E-state index >= 15 is 0 Å². The number of aromatic hydroxyl groups is 1. The van der Waals surface area contributed by atoms with Gasteiger partial charge in [-0.25, -0.2) is 4.79 Å². The Morgan fingerprint density at radius 3 is 2.75 bits per heavy atom. The van der Waals surface area contributed by atoms with Crippen molar-refractivity contribution in [1.29, 1.82) is 0 Å². The molecule has 0 bridgehead atoms. The number of carbonyl (C=O) groups excluding carboxylic acids is 1. The van der Waals surface area contributed by atoms with Crippen LogP contribution in [0.2, 0.25) is 0 Å². The molecular formula is C14H17BrN2O3. The zero-order valence-corrected chi connectivity index (χ0v) is 13.2. The zero-order valence-electron chi connectivity index (χ0n) is 11.7. The second-order valence-corrected chi connectivity index (χ2v) is 5.64. The van der Waals surface area contributed by atoms with Crippen LogP contribution in [0.3, 0.4) is 0 Å². The molecule has 0 saturated heterocycles. The highest BCUT2D eigenvalue weighted by Gasteiger charge is 2.17. The Balaban J connectivity index is 2.58. The molecule has 5 nitrogen and oxygen atoms in total. The number of hydrogen-bond donors (Lipinski definition) is 2. The zero-order chi connectivity index (χ0) is 14.9. The molecule has 0 aliphatic rings. The third kappa shape index (κ3) is 2.81. The van der Waals surface area contributed by atoms with E-state index in [9.17, 15) is 9.90 Å². The molecular weight excluding hydrogens is 324 g/mol. The largest absolute Gasteiger partial charge is 0.506 e. The lowest BCUT2D eigenvalue weighted by Gasteiger charge is -2.13. The number of nitrogens with one attached hydrogen (secondary N) is 1. The Kier molecular flexibility index (Phi) is 4.35. The fourth-order valence-corrected chi connectivity index (χ4v) is 2.56. The molecule has 0 saturated carbocycles. The highest BCUT2D eigenvalue weighted by Crippen LogP contribution is 2.35. The maximum absolute atomic E-state index is 11.8. The fourth-order valence-electron chi connectivity index (χ4n) is 2.10. The smallest absolute Gasteiger partial charge is 0.354 e. The van der Waals surface area contributed by atoms with Gasteiger partial charge in [-0.3, -0.25) is 0 Å². The Bertz CT molecular complexity index is 649. The van der Waals surface area contributed by atoms with Gasteiger partial charge in [0.15, 0.2) is 0 Å². The molecule has 0 amide bonds. The van der Waals surface area contributed by atoms with Gasteiger partial charge in [-0.1, -0.05) is 0 Å². The third-order valence-corrected chi connectivity index (χ3v) is 3.53. The number of H-pyrrole nitrogens is 1. The van der Waals surface area contributed by atoms with Crippen LogP contribution in [-0.4, -0.2) is 41.7 Å². The lowest BCUT2D eigenvalue weighted by molar-refractivity contribution is 0.0520. The third-order valence-electron chi connectivity index (χ3n) is 2.93. The Morgan fingerprint density at radius 1 is 1.45 bits per heavy atom. The van der Waals surface area contributed by atoms with Gasteiger partial charge >= 0.3 is 5.97 Å². The lowest BCUT2D eigenvalue weighted by atomic mass is 10.1. The van der Waals surface area contributed by atoms with Crippen LogP contribution in [0.25, 0.3) is 10.9 Å². The molecule has 0 atom stereocenters. The predicted octanol–water partition coefficient (Wildman–Crippen LogP) is 2.87. The van der Waals surface area contributed by atoms with Crippen LogP contribution in [0.5, 0.6) is 5.75 Å². The lowest BCUT2D eigenvalue weighted by Crippen LogP contribution is -2.11. The van der Waals surface area contributed by atoms with Crippen LogP contribution >= 0.6 is 15.9 Å². The van der Waals surface area contributed by atoms with E-state index in [1.165, 1.54) is 0 Å². The molecule has 0 fully saturated rings. The Labute approximate surface area is 125 Å². The van der Waals surface area contributed by atoms with Crippen molar-refractivity contribution in [3.63, 3.8) is 0 Å². The average Bonchev–Trinajstić information content (AvgIpc) is 2.78. The van der Waals surface area contributed by atoms with Crippen molar-refractivity contribution in [3.05, 3.63) is 27.9 Å². The monoisotopic (exact) mass is 340 g/mol. The number of esters is 1. The number of hydrogen-bond acceptors (Lipinski definition) is 4. The van der Waals surface area contributed by atoms with E-state index in [1.807, 2.05) is 19.0 Å². The van der Waals surface area contributed by atoms with Crippen LogP contribution < -0.4 is 0 Å². The normalized spacial score (nSPS) is 11.2. The highest BCUT2D eigenvalue weighted by atomic mass is 79.9. The van der Waals surface area contributed by atoms with Crippen molar-refractivity contribution >= 4 is 32.8 Å². The van der Waals surface area contributed by atoms with Crippen LogP contribution in [0.15, 0.2) is 16.6 Å². The number of aromatic amines is 1. The van der Waals surface area contributed by atoms with Gasteiger partial charge in [0.05, 0.1) is 11.1 Å². The first-order valence-corrected chi connectivity index (χ1v) is 7.08. The summed E-state index contributed by atoms with van der Waals surface area (Å²) >= 11 is 3.33. The summed E-state index contributed by atoms with van der Waals surface area (Å²) in [5.74, 6) is -0.198. The summed E-state index contributed by atoms with van der Waals surface area (Å²) < 4.78 is 5.58. The number of nitrogens with zero attached hydrogens (tertiary/aromatic N) is 1. The van der Waals surface area contributed by atoms with Gasteiger partial charge < -0.3 is 19.7 Å². The molecule has 0 aliphatic carbocycles. The first-order valence-electron chi connectivity index (χ1n) is 6.29. The number of phenols is 1. The molecule has 1 aromatic heterocycles. The molecule has 108 valence electrons. The SMILES string of the molecule is CCOC(=O)c1cc2c(CN(C)C)c(O)c(Br)cc2[nH]1. The number of ether oxygens (including phenoxy) is 1. The number of carbonyl (C=O) groups is 1. The number of aromatic nitrogens is 1. The number of halogens is 1. The van der Waals surface area contributed by atoms with E-state index in [1.54, 1.807) is 19.1 Å². The van der Waals surface area contributed by atoms with Crippen LogP contribution in [0.4, 0.5) is 0 Å². The van der Waals surface area contributed by atoms with Gasteiger partial charge in [-0.15, -0.1) is 0 Å². The molecule has 0 spiro atoms. The quantitative estimate of drug-likeness (QED) is 0.840. The minimum atomic E-state index is -0.393. The molecule has 0 radical (unpaired) electrons. The predicted molar refractivity (Wildman–Crippen MR) is 81.0 cm³/mol. The van der Waals surface area contributed by atoms with Crippen molar-refractivity contribution in [3.8, 4) is 5.75 Å². The molecule has 2 aromatic rings. The summed E-state index contributed by atoms with van der Waals surface area (Å²) in [6.07, 6.45) is 0. The van der Waals surface area contributed by atoms with Crippen molar-refractivity contribution in [2.75, 3.05) is 20.7 Å². The second kappa shape index (κ2) is 5.85. The standard InChI is InChI=1S/C14H17BrN2O3/c1-4-20-14(19)12-5-8-9(7-17(2)3)13(18)10(15)6-11(8)16-12/h5-6,16,18H,4,7H2,1-3H3. The van der Waals surface area contributed by atoms with Crippen LogP contribution in [0, 0.1) is 0 Å². The molecule has 0 unspecified atom stereocenters. The highest BCUT2D eigenvalue weighted by molar-refractivity contribution is 9.10. The van der Waals surface area contributed by atoms with E-state index in [0.717, 1.165) is 16.5 Å². The van der Waals surface area contributed by atoms with E-state index in [2.05, 4.69) is 20.9 Å². The molecule has 0 aliphatic heterocycles. The maximum atomic E-state index is 11.8. The summed E-state index contributed by atoms with van der Waals surface area (Å²) in [5.41, 5.74) is 1.94. The Morgan fingerprint density at radius 2 is 2.15 bits per heavy atom. The van der Waals surface area contributed by atoms with E-state index < -0.39 is 5.97 Å². The van der Waals surface area contributed by atoms with Crippen LogP contribution in [0.1, 0.15) is 23.0 Å². The second-order valence-electron chi connectivity index (χ2n) is 4.79. The molecule has 1 heterocycles. The molecule has 2 N–H and O–H groups in total. The van der Waals surface area contributed by atoms with E-state index in [0.29, 0.717) is 23.3 Å². The van der Waals surface area contributed by atoms with Gasteiger partial charge in [0.2, 0.25) is 0 Å². The Hall–Kier alpha value is -1.53. The average molecular weight is 341 g/mol. The number of phenolic OH excluding ortho intramolecular Hbond substituents is 1. The van der Waals surface area contributed by atoms with E-state index in [-0.39, 0.29) is 5.75 Å². The van der Waals surface area contributed by atoms with Crippen molar-refractivity contribution < 1.29 is 14.6 Å². The first kappa shape index (κ1) is 14.9. The topological polar surface area (TPSA) is 65.6 Å². The van der Waals surface area contributed by atoms with Gasteiger partial charge in [-0.05, 0) is 49.1 Å². The van der Waals surface area contributed by atoms with Gasteiger partial charge in [0.25, 0.3) is 0 Å². The summed E-state index contributed by atoms with van der Waals surface area (Å²) in [4.78, 5) is 16.8. The number of benzene rings is 1. The first-order chi connectivity index (χ1) is 9.43. The summed E-state index contributed by atoms with van der Waals surface area (Å²) in [6, 6.07) is 3.48. The molecule has 6 heteroatoms. The van der Waals surface area contributed by atoms with Crippen LogP contribution in [-0.2, 0) is 11.3 Å². The fraction of sp³-hybridized carbons (Fsp3) is 0.357. The minimum absolute atomic E-state index is 0.195. The maximum Gasteiger partial charge on any atom is 0.354 e. The summed E-state index contributed by atoms with van der Waals surface area (Å²) in [6.45, 7) is 2.66. The summed E-state index contributed by atoms with van der Waals surface area (Å²) in [7, 11) is 3.84. The molecule has 1 aromatic carbocycles. The number of fused-ring (bicyclic) bond motifs is 1. The van der Waals surface area contributed by atoms with Gasteiger partial charge in [0.1, 0.15) is 11.4 Å². The van der Waals surface area contributed by atoms with Gasteiger partial charge in [-0.2, -0.15) is 0 Å². The van der Waals surface area contributed by atoms with Crippen molar-refractivity contribution in [2.24, 2.45) is 0 Å². The summed E-state index contributed by atoms with van der Waals surface area (Å²) in [5, 5.41) is 11.0. The number of rotatable bonds is 4. The van der Waals surface area contributed by atoms with Gasteiger partial charge in [0, 0.05) is 23.0 Å². The molecule has 20 heavy (non-hydrogen) atoms. The molecule has 2 rings (SSSR count). The van der Waals surface area contributed by atoms with Crippen molar-refractivity contribution in [2.45, 2.75) is 13.5 Å². The van der Waals surface area contributed by atoms with Crippen molar-refractivity contribution in [1.82, 2.24) is 9.88 Å².